The highest BCUT2D eigenvalue weighted by Gasteiger charge is 2.25. The van der Waals surface area contributed by atoms with Crippen LogP contribution in [0.1, 0.15) is 30.7 Å². The van der Waals surface area contributed by atoms with Crippen molar-refractivity contribution in [2.45, 2.75) is 32.2 Å². The molecule has 0 saturated carbocycles. The first-order chi connectivity index (χ1) is 7.66. The summed E-state index contributed by atoms with van der Waals surface area (Å²) < 4.78 is 0. The van der Waals surface area contributed by atoms with Crippen molar-refractivity contribution in [1.82, 2.24) is 15.1 Å². The van der Waals surface area contributed by atoms with Crippen molar-refractivity contribution < 1.29 is 9.59 Å². The molecule has 1 aromatic heterocycles. The van der Waals surface area contributed by atoms with E-state index in [0.29, 0.717) is 23.0 Å². The molecule has 2 rings (SSSR count). The van der Waals surface area contributed by atoms with E-state index in [1.165, 1.54) is 16.2 Å². The van der Waals surface area contributed by atoms with Crippen molar-refractivity contribution in [1.29, 1.82) is 0 Å². The Kier molecular flexibility index (Phi) is 3.14. The second-order valence-corrected chi connectivity index (χ2v) is 4.71. The van der Waals surface area contributed by atoms with Crippen molar-refractivity contribution in [3.05, 3.63) is 5.01 Å². The van der Waals surface area contributed by atoms with Crippen LogP contribution in [-0.2, 0) is 16.1 Å². The van der Waals surface area contributed by atoms with Crippen molar-refractivity contribution in [3.63, 3.8) is 0 Å². The summed E-state index contributed by atoms with van der Waals surface area (Å²) in [5, 5.41) is 8.41. The molecule has 0 atom stereocenters. The Hall–Kier alpha value is -1.50. The average Bonchev–Trinajstić information content (AvgIpc) is 2.59. The number of hydrogen-bond acceptors (Lipinski definition) is 6. The second kappa shape index (κ2) is 4.56. The predicted molar refractivity (Wildman–Crippen MR) is 58.3 cm³/mol. The van der Waals surface area contributed by atoms with Crippen LogP contribution in [0.4, 0.5) is 5.13 Å². The molecule has 2 heterocycles. The Morgan fingerprint density at radius 2 is 1.81 bits per heavy atom. The molecule has 16 heavy (non-hydrogen) atoms. The summed E-state index contributed by atoms with van der Waals surface area (Å²) in [6, 6.07) is 0. The number of nitrogen functional groups attached to an aromatic ring is 1. The number of carbonyl (C=O) groups is 2. The van der Waals surface area contributed by atoms with Crippen LogP contribution in [0.2, 0.25) is 0 Å². The predicted octanol–water partition coefficient (Wildman–Crippen LogP) is 0.549. The molecule has 0 radical (unpaired) electrons. The van der Waals surface area contributed by atoms with Crippen LogP contribution < -0.4 is 5.73 Å². The number of rotatable bonds is 2. The highest BCUT2D eigenvalue weighted by molar-refractivity contribution is 7.15. The topological polar surface area (TPSA) is 89.2 Å². The lowest BCUT2D eigenvalue weighted by molar-refractivity contribution is -0.144. The number of amides is 2. The van der Waals surface area contributed by atoms with Gasteiger partial charge in [-0.15, -0.1) is 10.2 Å². The molecule has 6 nitrogen and oxygen atoms in total. The molecule has 1 saturated heterocycles. The van der Waals surface area contributed by atoms with Crippen LogP contribution in [-0.4, -0.2) is 26.9 Å². The zero-order valence-corrected chi connectivity index (χ0v) is 9.50. The minimum Gasteiger partial charge on any atom is -0.374 e. The number of imide groups is 1. The van der Waals surface area contributed by atoms with Gasteiger partial charge in [0.25, 0.3) is 0 Å². The summed E-state index contributed by atoms with van der Waals surface area (Å²) in [7, 11) is 0. The molecule has 0 spiro atoms. The van der Waals surface area contributed by atoms with Crippen molar-refractivity contribution in [2.75, 3.05) is 5.73 Å². The fourth-order valence-electron chi connectivity index (χ4n) is 1.60. The molecular weight excluding hydrogens is 228 g/mol. The Morgan fingerprint density at radius 1 is 1.19 bits per heavy atom. The summed E-state index contributed by atoms with van der Waals surface area (Å²) in [5.41, 5.74) is 5.44. The Balaban J connectivity index is 2.11. The highest BCUT2D eigenvalue weighted by atomic mass is 32.1. The number of anilines is 1. The van der Waals surface area contributed by atoms with Gasteiger partial charge >= 0.3 is 0 Å². The van der Waals surface area contributed by atoms with Gasteiger partial charge in [0.1, 0.15) is 5.01 Å². The van der Waals surface area contributed by atoms with E-state index < -0.39 is 0 Å². The van der Waals surface area contributed by atoms with Gasteiger partial charge in [-0.05, 0) is 12.8 Å². The molecule has 0 aromatic carbocycles. The average molecular weight is 240 g/mol. The lowest BCUT2D eigenvalue weighted by atomic mass is 10.2. The minimum absolute atomic E-state index is 0.128. The molecule has 1 aliphatic heterocycles. The summed E-state index contributed by atoms with van der Waals surface area (Å²) in [5.74, 6) is -0.257. The number of nitrogens with two attached hydrogens (primary N) is 1. The standard InChI is InChI=1S/C9H12N4O2S/c10-9-12-11-6(16-9)5-13-7(14)3-1-2-4-8(13)15/h1-5H2,(H2,10,12). The monoisotopic (exact) mass is 240 g/mol. The van der Waals surface area contributed by atoms with Crippen LogP contribution in [0.5, 0.6) is 0 Å². The number of hydrogen-bond donors (Lipinski definition) is 1. The number of aromatic nitrogens is 2. The van der Waals surface area contributed by atoms with Crippen LogP contribution >= 0.6 is 11.3 Å². The third-order valence-corrected chi connectivity index (χ3v) is 3.15. The van der Waals surface area contributed by atoms with E-state index in [9.17, 15) is 9.59 Å². The maximum Gasteiger partial charge on any atom is 0.229 e. The van der Waals surface area contributed by atoms with Gasteiger partial charge in [0.15, 0.2) is 0 Å². The maximum atomic E-state index is 11.7. The van der Waals surface area contributed by atoms with Gasteiger partial charge in [-0.3, -0.25) is 14.5 Å². The van der Waals surface area contributed by atoms with E-state index in [-0.39, 0.29) is 18.4 Å². The molecular formula is C9H12N4O2S. The van der Waals surface area contributed by atoms with E-state index in [1.807, 2.05) is 0 Å². The van der Waals surface area contributed by atoms with Crippen LogP contribution in [0.25, 0.3) is 0 Å². The normalized spacial score (nSPS) is 17.6. The van der Waals surface area contributed by atoms with Crippen molar-refractivity contribution in [2.24, 2.45) is 0 Å². The van der Waals surface area contributed by atoms with Crippen molar-refractivity contribution >= 4 is 28.3 Å². The third kappa shape index (κ3) is 2.35. The number of carbonyl (C=O) groups excluding carboxylic acids is 2. The fraction of sp³-hybridized carbons (Fsp3) is 0.556. The molecule has 1 aliphatic rings. The molecule has 2 N–H and O–H groups in total. The quantitative estimate of drug-likeness (QED) is 0.762. The van der Waals surface area contributed by atoms with Gasteiger partial charge < -0.3 is 5.73 Å². The second-order valence-electron chi connectivity index (χ2n) is 3.61. The summed E-state index contributed by atoms with van der Waals surface area (Å²) >= 11 is 1.20. The van der Waals surface area contributed by atoms with E-state index >= 15 is 0 Å². The lowest BCUT2D eigenvalue weighted by Gasteiger charge is -2.16. The molecule has 1 aromatic rings. The Labute approximate surface area is 96.5 Å². The first-order valence-electron chi connectivity index (χ1n) is 5.08. The van der Waals surface area contributed by atoms with Crippen LogP contribution in [0.3, 0.4) is 0 Å². The molecule has 86 valence electrons. The molecule has 1 fully saturated rings. The smallest absolute Gasteiger partial charge is 0.229 e. The van der Waals surface area contributed by atoms with E-state index in [2.05, 4.69) is 10.2 Å². The van der Waals surface area contributed by atoms with Gasteiger partial charge in [-0.25, -0.2) is 0 Å². The number of likely N-dealkylation sites (tertiary alicyclic amines) is 1. The highest BCUT2D eigenvalue weighted by Crippen LogP contribution is 2.18. The van der Waals surface area contributed by atoms with Gasteiger partial charge in [0.05, 0.1) is 6.54 Å². The summed E-state index contributed by atoms with van der Waals surface area (Å²) in [6.07, 6.45) is 2.42. The van der Waals surface area contributed by atoms with Gasteiger partial charge in [-0.2, -0.15) is 0 Å². The molecule has 7 heteroatoms. The summed E-state index contributed by atoms with van der Waals surface area (Å²) in [6.45, 7) is 0.201. The fourth-order valence-corrected chi connectivity index (χ4v) is 2.20. The van der Waals surface area contributed by atoms with E-state index in [0.717, 1.165) is 12.8 Å². The number of nitrogens with zero attached hydrogens (tertiary/aromatic N) is 3. The van der Waals surface area contributed by atoms with Gasteiger partial charge in [-0.1, -0.05) is 11.3 Å². The molecule has 2 amide bonds. The van der Waals surface area contributed by atoms with Crippen LogP contribution in [0, 0.1) is 0 Å². The lowest BCUT2D eigenvalue weighted by Crippen LogP contribution is -2.34. The zero-order valence-electron chi connectivity index (χ0n) is 8.68. The van der Waals surface area contributed by atoms with E-state index in [4.69, 9.17) is 5.73 Å². The minimum atomic E-state index is -0.128. The SMILES string of the molecule is Nc1nnc(CN2C(=O)CCCCC2=O)s1. The van der Waals surface area contributed by atoms with Gasteiger partial charge in [0, 0.05) is 12.8 Å². The summed E-state index contributed by atoms with van der Waals surface area (Å²) in [4.78, 5) is 24.6. The molecule has 0 aliphatic carbocycles. The molecule has 0 unspecified atom stereocenters. The van der Waals surface area contributed by atoms with Crippen LogP contribution in [0.15, 0.2) is 0 Å². The Morgan fingerprint density at radius 3 is 2.31 bits per heavy atom. The van der Waals surface area contributed by atoms with Crippen molar-refractivity contribution in [3.8, 4) is 0 Å². The first-order valence-corrected chi connectivity index (χ1v) is 5.89. The largest absolute Gasteiger partial charge is 0.374 e. The first kappa shape index (κ1) is 11.0. The molecule has 0 bridgehead atoms. The zero-order chi connectivity index (χ0) is 11.5. The Bertz CT molecular complexity index is 399. The van der Waals surface area contributed by atoms with E-state index in [1.54, 1.807) is 0 Å². The maximum absolute atomic E-state index is 11.7. The third-order valence-electron chi connectivity index (χ3n) is 2.41. The van der Waals surface area contributed by atoms with Gasteiger partial charge in [0.2, 0.25) is 16.9 Å².